The van der Waals surface area contributed by atoms with Crippen molar-refractivity contribution in [1.29, 1.82) is 0 Å². The topological polar surface area (TPSA) is 17.1 Å². The van der Waals surface area contributed by atoms with Crippen LogP contribution < -0.4 is 0 Å². The lowest BCUT2D eigenvalue weighted by atomic mass is 10.1. The van der Waals surface area contributed by atoms with E-state index in [0.717, 1.165) is 16.2 Å². The number of carbonyl (C=O) groups excluding carboxylic acids is 1. The molecule has 0 fully saturated rings. The van der Waals surface area contributed by atoms with E-state index < -0.39 is 0 Å². The number of fused-ring (bicyclic) bond motifs is 1. The van der Waals surface area contributed by atoms with Gasteiger partial charge in [-0.3, -0.25) is 4.79 Å². The van der Waals surface area contributed by atoms with Gasteiger partial charge in [-0.05, 0) is 24.5 Å². The van der Waals surface area contributed by atoms with Gasteiger partial charge in [0.15, 0.2) is 5.78 Å². The molecular formula is C10H10OS2. The van der Waals surface area contributed by atoms with Gasteiger partial charge in [-0.2, -0.15) is 0 Å². The fourth-order valence-corrected chi connectivity index (χ4v) is 2.94. The first-order valence-electron chi connectivity index (χ1n) is 4.15. The monoisotopic (exact) mass is 210 g/mol. The van der Waals surface area contributed by atoms with Gasteiger partial charge in [-0.25, -0.2) is 0 Å². The summed E-state index contributed by atoms with van der Waals surface area (Å²) < 4.78 is 0. The molecule has 0 saturated heterocycles. The minimum absolute atomic E-state index is 0.293. The first-order chi connectivity index (χ1) is 6.31. The number of carbonyl (C=O) groups is 1. The molecular weight excluding hydrogens is 200 g/mol. The lowest BCUT2D eigenvalue weighted by Crippen LogP contribution is -2.07. The first-order valence-corrected chi connectivity index (χ1v) is 6.36. The van der Waals surface area contributed by atoms with Crippen LogP contribution in [0.15, 0.2) is 28.0 Å². The van der Waals surface area contributed by atoms with E-state index in [9.17, 15) is 4.79 Å². The Morgan fingerprint density at radius 1 is 1.46 bits per heavy atom. The number of hydrogen-bond acceptors (Lipinski definition) is 3. The fraction of sp³-hybridized carbons (Fsp3) is 0.300. The Labute approximate surface area is 86.3 Å². The summed E-state index contributed by atoms with van der Waals surface area (Å²) in [5.74, 6) is 1.23. The third kappa shape index (κ3) is 1.76. The van der Waals surface area contributed by atoms with Crippen LogP contribution in [0.3, 0.4) is 0 Å². The van der Waals surface area contributed by atoms with Crippen LogP contribution in [0, 0.1) is 0 Å². The molecule has 1 aromatic carbocycles. The van der Waals surface area contributed by atoms with Crippen LogP contribution in [0.4, 0.5) is 0 Å². The molecule has 0 atom stereocenters. The molecule has 1 heterocycles. The molecule has 1 nitrogen and oxygen atoms in total. The van der Waals surface area contributed by atoms with Crippen molar-refractivity contribution in [3.63, 3.8) is 0 Å². The van der Waals surface area contributed by atoms with Gasteiger partial charge in [0.2, 0.25) is 0 Å². The maximum Gasteiger partial charge on any atom is 0.164 e. The second-order valence-corrected chi connectivity index (χ2v) is 4.90. The summed E-state index contributed by atoms with van der Waals surface area (Å²) in [7, 11) is 0. The van der Waals surface area contributed by atoms with Crippen molar-refractivity contribution in [2.75, 3.05) is 12.0 Å². The Bertz CT molecular complexity index is 347. The lowest BCUT2D eigenvalue weighted by molar-refractivity contribution is 0.0984. The van der Waals surface area contributed by atoms with Crippen molar-refractivity contribution in [2.45, 2.75) is 16.2 Å². The Morgan fingerprint density at radius 3 is 3.08 bits per heavy atom. The molecule has 0 unspecified atom stereocenters. The Morgan fingerprint density at radius 2 is 2.31 bits per heavy atom. The summed E-state index contributed by atoms with van der Waals surface area (Å²) in [6.07, 6.45) is 2.74. The van der Waals surface area contributed by atoms with Crippen LogP contribution in [-0.4, -0.2) is 17.8 Å². The number of Topliss-reactive ketones (excluding diaryl/α,β-unsaturated/α-hetero) is 1. The predicted octanol–water partition coefficient (Wildman–Crippen LogP) is 3.09. The van der Waals surface area contributed by atoms with Crippen molar-refractivity contribution < 1.29 is 4.79 Å². The Kier molecular flexibility index (Phi) is 2.65. The van der Waals surface area contributed by atoms with Crippen molar-refractivity contribution in [1.82, 2.24) is 0 Å². The van der Waals surface area contributed by atoms with E-state index >= 15 is 0 Å². The molecule has 13 heavy (non-hydrogen) atoms. The van der Waals surface area contributed by atoms with Gasteiger partial charge < -0.3 is 0 Å². The standard InChI is InChI=1S/C10H10OS2/c1-12-7-2-3-8-9(11)4-5-13-10(8)6-7/h2-3,6H,4-5H2,1H3. The summed E-state index contributed by atoms with van der Waals surface area (Å²) in [5, 5.41) is 0. The quantitative estimate of drug-likeness (QED) is 0.663. The van der Waals surface area contributed by atoms with Crippen LogP contribution in [-0.2, 0) is 0 Å². The zero-order valence-electron chi connectivity index (χ0n) is 7.37. The average Bonchev–Trinajstić information content (AvgIpc) is 2.18. The van der Waals surface area contributed by atoms with E-state index in [0.29, 0.717) is 12.2 Å². The van der Waals surface area contributed by atoms with Crippen LogP contribution in [0.5, 0.6) is 0 Å². The highest BCUT2D eigenvalue weighted by Gasteiger charge is 2.17. The summed E-state index contributed by atoms with van der Waals surface area (Å²) in [5.41, 5.74) is 0.911. The molecule has 0 spiro atoms. The molecule has 0 N–H and O–H groups in total. The van der Waals surface area contributed by atoms with Gasteiger partial charge >= 0.3 is 0 Å². The average molecular weight is 210 g/mol. The minimum Gasteiger partial charge on any atom is -0.294 e. The largest absolute Gasteiger partial charge is 0.294 e. The molecule has 3 heteroatoms. The van der Waals surface area contributed by atoms with Crippen LogP contribution in [0.1, 0.15) is 16.8 Å². The second-order valence-electron chi connectivity index (χ2n) is 2.88. The second kappa shape index (κ2) is 3.76. The van der Waals surface area contributed by atoms with Gasteiger partial charge in [0.05, 0.1) is 0 Å². The highest BCUT2D eigenvalue weighted by Crippen LogP contribution is 2.32. The third-order valence-electron chi connectivity index (χ3n) is 2.08. The van der Waals surface area contributed by atoms with E-state index in [2.05, 4.69) is 12.3 Å². The molecule has 1 aliphatic rings. The third-order valence-corrected chi connectivity index (χ3v) is 3.86. The fourth-order valence-electron chi connectivity index (χ4n) is 1.37. The van der Waals surface area contributed by atoms with E-state index in [1.54, 1.807) is 23.5 Å². The van der Waals surface area contributed by atoms with Gasteiger partial charge in [0.25, 0.3) is 0 Å². The molecule has 0 bridgehead atoms. The van der Waals surface area contributed by atoms with Gasteiger partial charge in [0, 0.05) is 27.5 Å². The molecule has 0 saturated carbocycles. The molecule has 2 rings (SSSR count). The number of ketones is 1. The molecule has 68 valence electrons. The van der Waals surface area contributed by atoms with Crippen molar-refractivity contribution in [3.05, 3.63) is 23.8 Å². The maximum atomic E-state index is 11.5. The van der Waals surface area contributed by atoms with E-state index in [4.69, 9.17) is 0 Å². The number of rotatable bonds is 1. The number of thioether (sulfide) groups is 2. The summed E-state index contributed by atoms with van der Waals surface area (Å²) >= 11 is 3.51. The molecule has 0 aromatic heterocycles. The van der Waals surface area contributed by atoms with Gasteiger partial charge in [0.1, 0.15) is 0 Å². The summed E-state index contributed by atoms with van der Waals surface area (Å²) in [6, 6.07) is 6.09. The molecule has 1 aliphatic heterocycles. The molecule has 0 aliphatic carbocycles. The van der Waals surface area contributed by atoms with E-state index in [1.165, 1.54) is 4.90 Å². The minimum atomic E-state index is 0.293. The first kappa shape index (κ1) is 9.16. The Hall–Kier alpha value is -0.410. The van der Waals surface area contributed by atoms with Crippen molar-refractivity contribution in [3.8, 4) is 0 Å². The van der Waals surface area contributed by atoms with Crippen molar-refractivity contribution >= 4 is 29.3 Å². The van der Waals surface area contributed by atoms with E-state index in [1.807, 2.05) is 12.1 Å². The van der Waals surface area contributed by atoms with Gasteiger partial charge in [-0.15, -0.1) is 23.5 Å². The zero-order chi connectivity index (χ0) is 9.26. The SMILES string of the molecule is CSc1ccc2c(c1)SCCC2=O. The molecule has 0 radical (unpaired) electrons. The lowest BCUT2D eigenvalue weighted by Gasteiger charge is -2.14. The summed E-state index contributed by atoms with van der Waals surface area (Å²) in [4.78, 5) is 13.9. The van der Waals surface area contributed by atoms with Crippen LogP contribution >= 0.6 is 23.5 Å². The Balaban J connectivity index is 2.45. The molecule has 1 aromatic rings. The summed E-state index contributed by atoms with van der Waals surface area (Å²) in [6.45, 7) is 0. The zero-order valence-corrected chi connectivity index (χ0v) is 9.00. The predicted molar refractivity (Wildman–Crippen MR) is 57.9 cm³/mol. The van der Waals surface area contributed by atoms with Crippen molar-refractivity contribution in [2.24, 2.45) is 0 Å². The van der Waals surface area contributed by atoms with Gasteiger partial charge in [-0.1, -0.05) is 0 Å². The number of benzene rings is 1. The van der Waals surface area contributed by atoms with Crippen LogP contribution in [0.2, 0.25) is 0 Å². The maximum absolute atomic E-state index is 11.5. The van der Waals surface area contributed by atoms with E-state index in [-0.39, 0.29) is 0 Å². The normalized spacial score (nSPS) is 15.6. The highest BCUT2D eigenvalue weighted by atomic mass is 32.2. The smallest absolute Gasteiger partial charge is 0.164 e. The molecule has 0 amide bonds. The highest BCUT2D eigenvalue weighted by molar-refractivity contribution is 8.00. The van der Waals surface area contributed by atoms with Crippen LogP contribution in [0.25, 0.3) is 0 Å². The number of hydrogen-bond donors (Lipinski definition) is 0.